The molecule has 2 fully saturated rings. The van der Waals surface area contributed by atoms with Gasteiger partial charge in [-0.3, -0.25) is 0 Å². The van der Waals surface area contributed by atoms with Crippen LogP contribution in [0.5, 0.6) is 0 Å². The highest BCUT2D eigenvalue weighted by Gasteiger charge is 2.40. The smallest absolute Gasteiger partial charge is 0.132 e. The number of hydrogen-bond acceptors (Lipinski definition) is 5. The summed E-state index contributed by atoms with van der Waals surface area (Å²) < 4.78 is 2.13. The Bertz CT molecular complexity index is 710. The number of fused-ring (bicyclic) bond motifs is 1. The lowest BCUT2D eigenvalue weighted by Crippen LogP contribution is -2.31. The number of imidazole rings is 1. The lowest BCUT2D eigenvalue weighted by Gasteiger charge is -2.22. The van der Waals surface area contributed by atoms with Gasteiger partial charge in [0, 0.05) is 70.3 Å². The van der Waals surface area contributed by atoms with Crippen LogP contribution in [0.4, 0.5) is 5.82 Å². The van der Waals surface area contributed by atoms with Crippen LogP contribution in [0, 0.1) is 11.8 Å². The maximum atomic E-state index is 4.52. The average Bonchev–Trinajstić information content (AvgIpc) is 3.27. The zero-order valence-electron chi connectivity index (χ0n) is 15.5. The van der Waals surface area contributed by atoms with E-state index >= 15 is 0 Å². The molecule has 0 amide bonds. The highest BCUT2D eigenvalue weighted by atomic mass is 15.3. The molecule has 0 bridgehead atoms. The lowest BCUT2D eigenvalue weighted by atomic mass is 10.0. The molecule has 0 radical (unpaired) electrons. The Morgan fingerprint density at radius 2 is 1.84 bits per heavy atom. The zero-order chi connectivity index (χ0) is 17.4. The molecule has 2 aromatic rings. The van der Waals surface area contributed by atoms with Crippen LogP contribution in [0.25, 0.3) is 0 Å². The van der Waals surface area contributed by atoms with Gasteiger partial charge in [-0.05, 0) is 17.8 Å². The van der Waals surface area contributed by atoms with Crippen LogP contribution >= 0.6 is 0 Å². The first-order valence-corrected chi connectivity index (χ1v) is 9.35. The normalized spacial score (nSPS) is 23.6. The molecule has 0 spiro atoms. The van der Waals surface area contributed by atoms with Gasteiger partial charge in [0.2, 0.25) is 0 Å². The minimum absolute atomic E-state index is 0.450. The number of likely N-dealkylation sites (tertiary alicyclic amines) is 1. The number of aryl methyl sites for hydroxylation is 1. The highest BCUT2D eigenvalue weighted by molar-refractivity contribution is 5.41. The van der Waals surface area contributed by atoms with Gasteiger partial charge in [0.05, 0.1) is 0 Å². The number of nitrogens with zero attached hydrogens (tertiary/aromatic N) is 6. The summed E-state index contributed by atoms with van der Waals surface area (Å²) in [6.07, 6.45) is 6.67. The van der Waals surface area contributed by atoms with Crippen LogP contribution in [-0.4, -0.2) is 57.1 Å². The predicted octanol–water partition coefficient (Wildman–Crippen LogP) is 1.94. The second-order valence-electron chi connectivity index (χ2n) is 7.84. The van der Waals surface area contributed by atoms with Crippen molar-refractivity contribution in [1.82, 2.24) is 24.4 Å². The van der Waals surface area contributed by atoms with Crippen LogP contribution in [-0.2, 0) is 13.5 Å². The van der Waals surface area contributed by atoms with Crippen molar-refractivity contribution in [3.8, 4) is 0 Å². The van der Waals surface area contributed by atoms with Crippen molar-refractivity contribution in [2.24, 2.45) is 18.9 Å². The first-order valence-electron chi connectivity index (χ1n) is 9.35. The van der Waals surface area contributed by atoms with Crippen LogP contribution < -0.4 is 4.90 Å². The van der Waals surface area contributed by atoms with Crippen LogP contribution in [0.15, 0.2) is 24.8 Å². The van der Waals surface area contributed by atoms with Gasteiger partial charge in [-0.15, -0.1) is 0 Å². The summed E-state index contributed by atoms with van der Waals surface area (Å²) in [5, 5.41) is 0. The van der Waals surface area contributed by atoms with Gasteiger partial charge in [0.15, 0.2) is 0 Å². The number of anilines is 1. The lowest BCUT2D eigenvalue weighted by molar-refractivity contribution is 0.317. The van der Waals surface area contributed by atoms with Crippen molar-refractivity contribution in [1.29, 1.82) is 0 Å². The molecular formula is C19H28N6. The van der Waals surface area contributed by atoms with E-state index in [9.17, 15) is 0 Å². The quantitative estimate of drug-likeness (QED) is 0.833. The number of rotatable bonds is 5. The molecule has 4 heterocycles. The molecule has 6 nitrogen and oxygen atoms in total. The third kappa shape index (κ3) is 3.40. The third-order valence-corrected chi connectivity index (χ3v) is 5.72. The third-order valence-electron chi connectivity index (χ3n) is 5.72. The monoisotopic (exact) mass is 340 g/mol. The molecule has 2 aliphatic heterocycles. The highest BCUT2D eigenvalue weighted by Crippen LogP contribution is 2.33. The average molecular weight is 340 g/mol. The van der Waals surface area contributed by atoms with Crippen LogP contribution in [0.1, 0.15) is 31.3 Å². The molecule has 134 valence electrons. The van der Waals surface area contributed by atoms with Crippen molar-refractivity contribution in [3.63, 3.8) is 0 Å². The standard InChI is InChI=1S/C19H28N6/c1-14(2)17-8-19(22-13-21-17)25-11-15-9-24(10-16(15)12-25)6-4-18-20-5-7-23(18)3/h5,7-8,13-16H,4,6,9-12H2,1-3H3. The maximum Gasteiger partial charge on any atom is 0.132 e. The summed E-state index contributed by atoms with van der Waals surface area (Å²) in [7, 11) is 2.08. The van der Waals surface area contributed by atoms with E-state index in [0.29, 0.717) is 5.92 Å². The van der Waals surface area contributed by atoms with Gasteiger partial charge < -0.3 is 14.4 Å². The topological polar surface area (TPSA) is 50.1 Å². The summed E-state index contributed by atoms with van der Waals surface area (Å²) in [6, 6.07) is 2.17. The zero-order valence-corrected chi connectivity index (χ0v) is 15.5. The second-order valence-corrected chi connectivity index (χ2v) is 7.84. The van der Waals surface area contributed by atoms with E-state index in [1.807, 2.05) is 12.4 Å². The van der Waals surface area contributed by atoms with E-state index < -0.39 is 0 Å². The van der Waals surface area contributed by atoms with E-state index in [2.05, 4.69) is 56.3 Å². The first kappa shape index (κ1) is 16.5. The SMILES string of the molecule is CC(C)c1cc(N2CC3CN(CCc4nccn4C)CC3C2)ncn1. The molecular weight excluding hydrogens is 312 g/mol. The Hall–Kier alpha value is -1.95. The van der Waals surface area contributed by atoms with Crippen molar-refractivity contribution >= 4 is 5.82 Å². The first-order chi connectivity index (χ1) is 12.1. The fourth-order valence-electron chi connectivity index (χ4n) is 4.21. The van der Waals surface area contributed by atoms with E-state index in [1.165, 1.54) is 18.9 Å². The summed E-state index contributed by atoms with van der Waals surface area (Å²) >= 11 is 0. The van der Waals surface area contributed by atoms with Gasteiger partial charge in [0.1, 0.15) is 18.0 Å². The summed E-state index contributed by atoms with van der Waals surface area (Å²) in [5.41, 5.74) is 1.14. The molecule has 2 atom stereocenters. The molecule has 25 heavy (non-hydrogen) atoms. The number of hydrogen-bond donors (Lipinski definition) is 0. The van der Waals surface area contributed by atoms with Gasteiger partial charge in [-0.1, -0.05) is 13.8 Å². The van der Waals surface area contributed by atoms with Gasteiger partial charge in [-0.2, -0.15) is 0 Å². The molecule has 2 aromatic heterocycles. The minimum atomic E-state index is 0.450. The Kier molecular flexibility index (Phi) is 4.46. The molecule has 4 rings (SSSR count). The Balaban J connectivity index is 1.33. The largest absolute Gasteiger partial charge is 0.356 e. The van der Waals surface area contributed by atoms with Crippen LogP contribution in [0.2, 0.25) is 0 Å². The summed E-state index contributed by atoms with van der Waals surface area (Å²) in [5.74, 6) is 4.26. The summed E-state index contributed by atoms with van der Waals surface area (Å²) in [6.45, 7) is 10.1. The molecule has 6 heteroatoms. The van der Waals surface area contributed by atoms with Crippen molar-refractivity contribution < 1.29 is 0 Å². The molecule has 2 saturated heterocycles. The molecule has 0 saturated carbocycles. The van der Waals surface area contributed by atoms with Crippen molar-refractivity contribution in [2.75, 3.05) is 37.6 Å². The van der Waals surface area contributed by atoms with Crippen LogP contribution in [0.3, 0.4) is 0 Å². The van der Waals surface area contributed by atoms with Crippen molar-refractivity contribution in [3.05, 3.63) is 36.3 Å². The Labute approximate surface area is 149 Å². The van der Waals surface area contributed by atoms with Gasteiger partial charge in [-0.25, -0.2) is 15.0 Å². The minimum Gasteiger partial charge on any atom is -0.356 e. The number of aromatic nitrogens is 4. The Morgan fingerprint density at radius 1 is 1.08 bits per heavy atom. The molecule has 0 aliphatic carbocycles. The van der Waals surface area contributed by atoms with E-state index in [0.717, 1.165) is 49.4 Å². The molecule has 2 aliphatic rings. The van der Waals surface area contributed by atoms with E-state index in [4.69, 9.17) is 0 Å². The van der Waals surface area contributed by atoms with Gasteiger partial charge in [0.25, 0.3) is 0 Å². The second kappa shape index (κ2) is 6.75. The fraction of sp³-hybridized carbons (Fsp3) is 0.632. The molecule has 0 N–H and O–H groups in total. The van der Waals surface area contributed by atoms with Gasteiger partial charge >= 0.3 is 0 Å². The molecule has 0 aromatic carbocycles. The maximum absolute atomic E-state index is 4.52. The summed E-state index contributed by atoms with van der Waals surface area (Å²) in [4.78, 5) is 18.4. The molecule has 2 unspecified atom stereocenters. The van der Waals surface area contributed by atoms with E-state index in [-0.39, 0.29) is 0 Å². The fourth-order valence-corrected chi connectivity index (χ4v) is 4.21. The Morgan fingerprint density at radius 3 is 2.48 bits per heavy atom. The van der Waals surface area contributed by atoms with Crippen molar-refractivity contribution in [2.45, 2.75) is 26.2 Å². The van der Waals surface area contributed by atoms with E-state index in [1.54, 1.807) is 6.33 Å². The predicted molar refractivity (Wildman–Crippen MR) is 98.7 cm³/mol.